The van der Waals surface area contributed by atoms with Crippen molar-refractivity contribution in [3.05, 3.63) is 87.9 Å². The van der Waals surface area contributed by atoms with E-state index in [9.17, 15) is 13.2 Å². The summed E-state index contributed by atoms with van der Waals surface area (Å²) in [6.45, 7) is 5.56. The molecule has 34 heavy (non-hydrogen) atoms. The fraction of sp³-hybridized carbons (Fsp3) is 0.269. The van der Waals surface area contributed by atoms with Crippen LogP contribution in [0, 0.1) is 13.8 Å². The number of methoxy groups -OCH3 is 1. The van der Waals surface area contributed by atoms with Gasteiger partial charge in [0.25, 0.3) is 10.0 Å². The van der Waals surface area contributed by atoms with E-state index < -0.39 is 10.0 Å². The predicted molar refractivity (Wildman–Crippen MR) is 139 cm³/mol. The Balaban J connectivity index is 1.93. The smallest absolute Gasteiger partial charge is 0.264 e. The van der Waals surface area contributed by atoms with Gasteiger partial charge >= 0.3 is 0 Å². The third kappa shape index (κ3) is 5.98. The summed E-state index contributed by atoms with van der Waals surface area (Å²) in [5.74, 6) is 0.131. The van der Waals surface area contributed by atoms with Gasteiger partial charge in [-0.25, -0.2) is 8.42 Å². The van der Waals surface area contributed by atoms with Crippen molar-refractivity contribution in [2.24, 2.45) is 0 Å². The minimum Gasteiger partial charge on any atom is -0.496 e. The molecule has 0 unspecified atom stereocenters. The maximum Gasteiger partial charge on any atom is 0.264 e. The molecule has 0 saturated heterocycles. The standard InChI is InChI=1S/C26H29BrN2O4S/c1-5-24(20-10-6-18(2)7-11-20)28-26(30)17-29(21-12-8-19(3)9-13-21)34(31,32)22-14-15-25(33-4)23(27)16-22/h6-16,24H,5,17H2,1-4H3,(H,28,30)/t24-/m1/s1. The molecule has 0 aliphatic heterocycles. The van der Waals surface area contributed by atoms with Crippen molar-refractivity contribution in [3.63, 3.8) is 0 Å². The monoisotopic (exact) mass is 544 g/mol. The molecule has 0 aromatic heterocycles. The van der Waals surface area contributed by atoms with Crippen molar-refractivity contribution >= 4 is 37.5 Å². The first-order valence-electron chi connectivity index (χ1n) is 10.9. The SMILES string of the molecule is CC[C@@H](NC(=O)CN(c1ccc(C)cc1)S(=O)(=O)c1ccc(OC)c(Br)c1)c1ccc(C)cc1. The van der Waals surface area contributed by atoms with Crippen LogP contribution in [-0.2, 0) is 14.8 Å². The highest BCUT2D eigenvalue weighted by atomic mass is 79.9. The number of hydrogen-bond acceptors (Lipinski definition) is 4. The molecule has 1 N–H and O–H groups in total. The first-order valence-corrected chi connectivity index (χ1v) is 13.2. The number of halogens is 1. The highest BCUT2D eigenvalue weighted by Crippen LogP contribution is 2.31. The van der Waals surface area contributed by atoms with Crippen LogP contribution < -0.4 is 14.4 Å². The topological polar surface area (TPSA) is 75.7 Å². The molecular weight excluding hydrogens is 516 g/mol. The van der Waals surface area contributed by atoms with E-state index in [-0.39, 0.29) is 23.4 Å². The number of benzene rings is 3. The zero-order valence-electron chi connectivity index (χ0n) is 19.7. The van der Waals surface area contributed by atoms with Crippen LogP contribution in [-0.4, -0.2) is 28.0 Å². The minimum atomic E-state index is -4.04. The normalized spacial score (nSPS) is 12.1. The molecule has 6 nitrogen and oxygen atoms in total. The van der Waals surface area contributed by atoms with Crippen LogP contribution >= 0.6 is 15.9 Å². The molecule has 0 aliphatic rings. The Labute approximate surface area is 210 Å². The fourth-order valence-corrected chi connectivity index (χ4v) is 5.69. The Kier molecular flexibility index (Phi) is 8.38. The van der Waals surface area contributed by atoms with Crippen molar-refractivity contribution in [1.82, 2.24) is 5.32 Å². The van der Waals surface area contributed by atoms with Gasteiger partial charge in [0.05, 0.1) is 28.2 Å². The van der Waals surface area contributed by atoms with Gasteiger partial charge in [0.2, 0.25) is 5.91 Å². The lowest BCUT2D eigenvalue weighted by Crippen LogP contribution is -2.42. The van der Waals surface area contributed by atoms with Gasteiger partial charge in [-0.3, -0.25) is 9.10 Å². The number of aryl methyl sites for hydroxylation is 2. The van der Waals surface area contributed by atoms with Gasteiger partial charge in [-0.05, 0) is 72.1 Å². The molecule has 3 rings (SSSR count). The second-order valence-corrected chi connectivity index (χ2v) is 10.8. The average Bonchev–Trinajstić information content (AvgIpc) is 2.82. The maximum absolute atomic E-state index is 13.7. The molecule has 0 heterocycles. The number of carbonyl (C=O) groups is 1. The molecule has 0 radical (unpaired) electrons. The predicted octanol–water partition coefficient (Wildman–Crippen LogP) is 5.54. The quantitative estimate of drug-likeness (QED) is 0.383. The number of anilines is 1. The van der Waals surface area contributed by atoms with Gasteiger partial charge < -0.3 is 10.1 Å². The van der Waals surface area contributed by atoms with Gasteiger partial charge in [-0.1, -0.05) is 54.4 Å². The number of amides is 1. The van der Waals surface area contributed by atoms with Gasteiger partial charge in [-0.15, -0.1) is 0 Å². The second-order valence-electron chi connectivity index (χ2n) is 8.08. The van der Waals surface area contributed by atoms with E-state index in [1.165, 1.54) is 19.2 Å². The van der Waals surface area contributed by atoms with Crippen LogP contribution in [0.15, 0.2) is 76.1 Å². The number of nitrogens with zero attached hydrogens (tertiary/aromatic N) is 1. The Morgan fingerprint density at radius 3 is 2.12 bits per heavy atom. The van der Waals surface area contributed by atoms with E-state index in [2.05, 4.69) is 21.2 Å². The molecule has 0 spiro atoms. The number of carbonyl (C=O) groups excluding carboxylic acids is 1. The number of ether oxygens (including phenoxy) is 1. The lowest BCUT2D eigenvalue weighted by Gasteiger charge is -2.26. The molecule has 3 aromatic carbocycles. The zero-order chi connectivity index (χ0) is 24.9. The highest BCUT2D eigenvalue weighted by Gasteiger charge is 2.28. The van der Waals surface area contributed by atoms with Crippen LogP contribution in [0.3, 0.4) is 0 Å². The van der Waals surface area contributed by atoms with Crippen LogP contribution in [0.25, 0.3) is 0 Å². The summed E-state index contributed by atoms with van der Waals surface area (Å²) in [4.78, 5) is 13.2. The van der Waals surface area contributed by atoms with Crippen LogP contribution in [0.5, 0.6) is 5.75 Å². The Bertz CT molecular complexity index is 1240. The summed E-state index contributed by atoms with van der Waals surface area (Å²) >= 11 is 3.35. The summed E-state index contributed by atoms with van der Waals surface area (Å²) in [5, 5.41) is 2.99. The first kappa shape index (κ1) is 25.8. The molecule has 0 fully saturated rings. The van der Waals surface area contributed by atoms with E-state index in [1.807, 2.05) is 57.2 Å². The molecule has 3 aromatic rings. The number of rotatable bonds is 9. The summed E-state index contributed by atoms with van der Waals surface area (Å²) in [5.41, 5.74) is 3.51. The van der Waals surface area contributed by atoms with Crippen LogP contribution in [0.1, 0.15) is 36.1 Å². The second kappa shape index (κ2) is 11.1. The lowest BCUT2D eigenvalue weighted by molar-refractivity contribution is -0.120. The fourth-order valence-electron chi connectivity index (χ4n) is 3.55. The van der Waals surface area contributed by atoms with E-state index >= 15 is 0 Å². The third-order valence-electron chi connectivity index (χ3n) is 5.54. The van der Waals surface area contributed by atoms with Crippen LogP contribution in [0.2, 0.25) is 0 Å². The molecule has 0 saturated carbocycles. The molecule has 1 amide bonds. The highest BCUT2D eigenvalue weighted by molar-refractivity contribution is 9.10. The van der Waals surface area contributed by atoms with Gasteiger partial charge in [0.1, 0.15) is 12.3 Å². The summed E-state index contributed by atoms with van der Waals surface area (Å²) in [6, 6.07) is 19.3. The van der Waals surface area contributed by atoms with Crippen molar-refractivity contribution < 1.29 is 17.9 Å². The molecule has 0 bridgehead atoms. The van der Waals surface area contributed by atoms with Gasteiger partial charge in [0, 0.05) is 0 Å². The van der Waals surface area contributed by atoms with Crippen molar-refractivity contribution in [2.45, 2.75) is 38.1 Å². The summed E-state index contributed by atoms with van der Waals surface area (Å²) in [6.07, 6.45) is 0.678. The minimum absolute atomic E-state index is 0.0547. The van der Waals surface area contributed by atoms with Crippen molar-refractivity contribution in [3.8, 4) is 5.75 Å². The molecule has 8 heteroatoms. The van der Waals surface area contributed by atoms with Crippen molar-refractivity contribution in [2.75, 3.05) is 18.0 Å². The summed E-state index contributed by atoms with van der Waals surface area (Å²) in [7, 11) is -2.53. The van der Waals surface area contributed by atoms with E-state index in [1.54, 1.807) is 18.2 Å². The molecule has 0 aliphatic carbocycles. The largest absolute Gasteiger partial charge is 0.496 e. The number of sulfonamides is 1. The average molecular weight is 545 g/mol. The first-order chi connectivity index (χ1) is 16.1. The number of hydrogen-bond donors (Lipinski definition) is 1. The van der Waals surface area contributed by atoms with E-state index in [0.29, 0.717) is 22.3 Å². The number of nitrogens with one attached hydrogen (secondary N) is 1. The van der Waals surface area contributed by atoms with Gasteiger partial charge in [-0.2, -0.15) is 0 Å². The Morgan fingerprint density at radius 2 is 1.59 bits per heavy atom. The van der Waals surface area contributed by atoms with Gasteiger partial charge in [0.15, 0.2) is 0 Å². The van der Waals surface area contributed by atoms with E-state index in [0.717, 1.165) is 21.0 Å². The Morgan fingerprint density at radius 1 is 1.00 bits per heavy atom. The van der Waals surface area contributed by atoms with Crippen LogP contribution in [0.4, 0.5) is 5.69 Å². The molecule has 180 valence electrons. The maximum atomic E-state index is 13.7. The third-order valence-corrected chi connectivity index (χ3v) is 7.93. The lowest BCUT2D eigenvalue weighted by atomic mass is 10.0. The van der Waals surface area contributed by atoms with Crippen molar-refractivity contribution in [1.29, 1.82) is 0 Å². The van der Waals surface area contributed by atoms with E-state index in [4.69, 9.17) is 4.74 Å². The summed E-state index contributed by atoms with van der Waals surface area (Å²) < 4.78 is 34.2. The Hall–Kier alpha value is -2.84. The zero-order valence-corrected chi connectivity index (χ0v) is 22.1. The molecule has 1 atom stereocenters. The molecular formula is C26H29BrN2O4S.